The fourth-order valence-electron chi connectivity index (χ4n) is 2.00. The highest BCUT2D eigenvalue weighted by Crippen LogP contribution is 2.28. The Morgan fingerprint density at radius 1 is 1.48 bits per heavy atom. The van der Waals surface area contributed by atoms with Gasteiger partial charge in [-0.15, -0.1) is 0 Å². The van der Waals surface area contributed by atoms with Crippen molar-refractivity contribution in [2.75, 3.05) is 36.2 Å². The smallest absolute Gasteiger partial charge is 0.293 e. The quantitative estimate of drug-likeness (QED) is 0.637. The molecule has 0 radical (unpaired) electrons. The third-order valence-corrected chi connectivity index (χ3v) is 5.93. The number of hydrogen-bond acceptors (Lipinski definition) is 6. The molecule has 1 aromatic rings. The van der Waals surface area contributed by atoms with Crippen LogP contribution in [-0.4, -0.2) is 46.9 Å². The van der Waals surface area contributed by atoms with Crippen molar-refractivity contribution in [1.82, 2.24) is 5.32 Å². The molecule has 21 heavy (non-hydrogen) atoms. The number of rotatable bonds is 5. The average molecular weight is 327 g/mol. The highest BCUT2D eigenvalue weighted by Gasteiger charge is 2.19. The number of hydrogen-bond donors (Lipinski definition) is 2. The van der Waals surface area contributed by atoms with E-state index in [9.17, 15) is 14.9 Å². The van der Waals surface area contributed by atoms with Gasteiger partial charge in [0.2, 0.25) is 0 Å². The molecule has 6 nitrogen and oxygen atoms in total. The number of nitro benzene ring substituents is 1. The van der Waals surface area contributed by atoms with Gasteiger partial charge in [0.1, 0.15) is 5.69 Å². The summed E-state index contributed by atoms with van der Waals surface area (Å²) in [7, 11) is 1.50. The van der Waals surface area contributed by atoms with Gasteiger partial charge in [-0.2, -0.15) is 23.5 Å². The van der Waals surface area contributed by atoms with Crippen molar-refractivity contribution in [2.24, 2.45) is 0 Å². The van der Waals surface area contributed by atoms with Gasteiger partial charge < -0.3 is 10.6 Å². The van der Waals surface area contributed by atoms with E-state index in [4.69, 9.17) is 0 Å². The van der Waals surface area contributed by atoms with Crippen molar-refractivity contribution >= 4 is 40.8 Å². The minimum Gasteiger partial charge on any atom is -0.378 e. The Balaban J connectivity index is 2.10. The summed E-state index contributed by atoms with van der Waals surface area (Å²) in [6, 6.07) is 4.50. The Kier molecular flexibility index (Phi) is 5.75. The van der Waals surface area contributed by atoms with Gasteiger partial charge in [-0.05, 0) is 12.1 Å². The van der Waals surface area contributed by atoms with Gasteiger partial charge in [-0.3, -0.25) is 14.9 Å². The lowest BCUT2D eigenvalue weighted by atomic mass is 10.1. The molecule has 0 bridgehead atoms. The fraction of sp³-hybridized carbons (Fsp3) is 0.462. The molecule has 0 spiro atoms. The molecule has 0 saturated carbocycles. The maximum atomic E-state index is 11.5. The van der Waals surface area contributed by atoms with Gasteiger partial charge in [-0.25, -0.2) is 0 Å². The molecule has 2 N–H and O–H groups in total. The zero-order valence-corrected chi connectivity index (χ0v) is 13.3. The highest BCUT2D eigenvalue weighted by atomic mass is 32.2. The summed E-state index contributed by atoms with van der Waals surface area (Å²) in [6.07, 6.45) is 0. The van der Waals surface area contributed by atoms with E-state index in [1.165, 1.54) is 18.9 Å². The Morgan fingerprint density at radius 2 is 2.29 bits per heavy atom. The molecule has 1 saturated heterocycles. The Hall–Kier alpha value is -1.41. The van der Waals surface area contributed by atoms with Crippen molar-refractivity contribution in [3.05, 3.63) is 33.9 Å². The molecule has 1 atom stereocenters. The second-order valence-electron chi connectivity index (χ2n) is 4.52. The highest BCUT2D eigenvalue weighted by molar-refractivity contribution is 8.06. The number of carbonyl (C=O) groups excluding carboxylic acids is 1. The van der Waals surface area contributed by atoms with E-state index < -0.39 is 4.92 Å². The van der Waals surface area contributed by atoms with E-state index in [-0.39, 0.29) is 17.2 Å². The van der Waals surface area contributed by atoms with E-state index in [0.717, 1.165) is 11.5 Å². The lowest BCUT2D eigenvalue weighted by molar-refractivity contribution is -0.384. The van der Waals surface area contributed by atoms with Gasteiger partial charge in [0.15, 0.2) is 0 Å². The summed E-state index contributed by atoms with van der Waals surface area (Å²) in [5.74, 6) is 3.02. The maximum absolute atomic E-state index is 11.5. The van der Waals surface area contributed by atoms with Crippen LogP contribution in [0.1, 0.15) is 10.4 Å². The number of nitro groups is 1. The van der Waals surface area contributed by atoms with Crippen LogP contribution in [0.25, 0.3) is 0 Å². The van der Waals surface area contributed by atoms with Crippen molar-refractivity contribution in [2.45, 2.75) is 5.25 Å². The molecule has 1 amide bonds. The van der Waals surface area contributed by atoms with E-state index in [1.54, 1.807) is 12.1 Å². The summed E-state index contributed by atoms with van der Waals surface area (Å²) in [5, 5.41) is 17.2. The van der Waals surface area contributed by atoms with Crippen LogP contribution < -0.4 is 10.6 Å². The summed E-state index contributed by atoms with van der Waals surface area (Å²) in [4.78, 5) is 22.2. The predicted molar refractivity (Wildman–Crippen MR) is 88.5 cm³/mol. The van der Waals surface area contributed by atoms with Crippen LogP contribution in [0.2, 0.25) is 0 Å². The van der Waals surface area contributed by atoms with Crippen LogP contribution in [0.3, 0.4) is 0 Å². The van der Waals surface area contributed by atoms with Crippen molar-refractivity contribution < 1.29 is 9.72 Å². The molecule has 1 aliphatic rings. The molecule has 1 fully saturated rings. The van der Waals surface area contributed by atoms with Crippen LogP contribution in [0, 0.1) is 10.1 Å². The number of benzene rings is 1. The molecule has 2 rings (SSSR count). The number of carbonyl (C=O) groups is 1. The number of nitrogens with one attached hydrogen (secondary N) is 2. The molecule has 0 aliphatic carbocycles. The second kappa shape index (κ2) is 7.56. The van der Waals surface area contributed by atoms with E-state index in [2.05, 4.69) is 10.6 Å². The summed E-state index contributed by atoms with van der Waals surface area (Å²) >= 11 is 3.80. The normalized spacial score (nSPS) is 18.0. The maximum Gasteiger partial charge on any atom is 0.293 e. The van der Waals surface area contributed by atoms with Crippen LogP contribution >= 0.6 is 23.5 Å². The molecule has 1 unspecified atom stereocenters. The summed E-state index contributed by atoms with van der Waals surface area (Å²) in [5.41, 5.74) is 0.686. The molecule has 1 aliphatic heterocycles. The molecule has 114 valence electrons. The lowest BCUT2D eigenvalue weighted by Crippen LogP contribution is -2.23. The predicted octanol–water partition coefficient (Wildman–Crippen LogP) is 2.21. The number of thioether (sulfide) groups is 2. The Labute approximate surface area is 131 Å². The van der Waals surface area contributed by atoms with Crippen LogP contribution in [0.15, 0.2) is 18.2 Å². The monoisotopic (exact) mass is 327 g/mol. The van der Waals surface area contributed by atoms with Crippen LogP contribution in [0.5, 0.6) is 0 Å². The number of anilines is 1. The molecule has 1 heterocycles. The first kappa shape index (κ1) is 16.0. The standard InChI is InChI=1S/C13H17N3O3S2/c1-14-13(17)9-2-3-11(12(6-9)16(18)19)15-7-10-8-20-4-5-21-10/h2-3,6,10,15H,4-5,7-8H2,1H3,(H,14,17). The fourth-order valence-corrected chi connectivity index (χ4v) is 4.61. The number of amides is 1. The second-order valence-corrected chi connectivity index (χ2v) is 7.07. The van der Waals surface area contributed by atoms with E-state index in [1.807, 2.05) is 23.5 Å². The van der Waals surface area contributed by atoms with Crippen molar-refractivity contribution in [3.63, 3.8) is 0 Å². The molecular formula is C13H17N3O3S2. The van der Waals surface area contributed by atoms with Gasteiger partial charge in [-0.1, -0.05) is 0 Å². The third-order valence-electron chi connectivity index (χ3n) is 3.09. The van der Waals surface area contributed by atoms with Crippen LogP contribution in [0.4, 0.5) is 11.4 Å². The molecule has 1 aromatic carbocycles. The SMILES string of the molecule is CNC(=O)c1ccc(NCC2CSCCS2)c([N+](=O)[O-])c1. The first-order valence-corrected chi connectivity index (χ1v) is 8.76. The van der Waals surface area contributed by atoms with Gasteiger partial charge in [0.05, 0.1) is 4.92 Å². The molecule has 0 aromatic heterocycles. The molecule has 8 heteroatoms. The van der Waals surface area contributed by atoms with E-state index in [0.29, 0.717) is 17.5 Å². The van der Waals surface area contributed by atoms with Gasteiger partial charge in [0, 0.05) is 47.7 Å². The van der Waals surface area contributed by atoms with Gasteiger partial charge in [0.25, 0.3) is 11.6 Å². The average Bonchev–Trinajstić information content (AvgIpc) is 2.52. The lowest BCUT2D eigenvalue weighted by Gasteiger charge is -2.21. The summed E-state index contributed by atoms with van der Waals surface area (Å²) in [6.45, 7) is 0.692. The zero-order valence-electron chi connectivity index (χ0n) is 11.6. The first-order chi connectivity index (χ1) is 10.1. The van der Waals surface area contributed by atoms with Crippen molar-refractivity contribution in [1.29, 1.82) is 0 Å². The minimum absolute atomic E-state index is 0.0652. The minimum atomic E-state index is -0.461. The zero-order chi connectivity index (χ0) is 15.2. The van der Waals surface area contributed by atoms with Crippen LogP contribution in [-0.2, 0) is 0 Å². The first-order valence-electron chi connectivity index (χ1n) is 6.55. The Bertz CT molecular complexity index is 533. The topological polar surface area (TPSA) is 84.3 Å². The third kappa shape index (κ3) is 4.28. The largest absolute Gasteiger partial charge is 0.378 e. The van der Waals surface area contributed by atoms with Gasteiger partial charge >= 0.3 is 0 Å². The summed E-state index contributed by atoms with van der Waals surface area (Å²) < 4.78 is 0. The number of nitrogens with zero attached hydrogens (tertiary/aromatic N) is 1. The Morgan fingerprint density at radius 3 is 2.90 bits per heavy atom. The van der Waals surface area contributed by atoms with Crippen molar-refractivity contribution in [3.8, 4) is 0 Å². The molecular weight excluding hydrogens is 310 g/mol. The van der Waals surface area contributed by atoms with E-state index >= 15 is 0 Å².